The molecule has 0 fully saturated rings. The molecule has 3 rings (SSSR count). The van der Waals surface area contributed by atoms with Crippen molar-refractivity contribution in [2.45, 2.75) is 0 Å². The fourth-order valence-electron chi connectivity index (χ4n) is 3.16. The van der Waals surface area contributed by atoms with Crippen LogP contribution in [-0.2, 0) is 4.57 Å². The molecular formula is C23H17Cl3O6P. The van der Waals surface area contributed by atoms with E-state index in [1.807, 2.05) is 0 Å². The molecule has 0 aromatic heterocycles. The van der Waals surface area contributed by atoms with E-state index < -0.39 is 19.1 Å². The van der Waals surface area contributed by atoms with Gasteiger partial charge >= 0.3 is 0 Å². The molecule has 33 heavy (non-hydrogen) atoms. The maximum Gasteiger partial charge on any atom is 0.254 e. The summed E-state index contributed by atoms with van der Waals surface area (Å²) in [7, 11) is 1.41. The third-order valence-corrected chi connectivity index (χ3v) is 6.95. The van der Waals surface area contributed by atoms with Crippen LogP contribution in [0, 0.1) is 0 Å². The van der Waals surface area contributed by atoms with Gasteiger partial charge in [0.15, 0.2) is 13.6 Å². The molecule has 171 valence electrons. The van der Waals surface area contributed by atoms with E-state index in [1.165, 1.54) is 57.7 Å². The Morgan fingerprint density at radius 3 is 1.85 bits per heavy atom. The maximum atomic E-state index is 13.4. The molecule has 6 nitrogen and oxygen atoms in total. The first-order chi connectivity index (χ1) is 15.7. The third-order valence-electron chi connectivity index (χ3n) is 4.71. The van der Waals surface area contributed by atoms with Crippen molar-refractivity contribution in [3.63, 3.8) is 0 Å². The van der Waals surface area contributed by atoms with Crippen LogP contribution in [0.3, 0.4) is 0 Å². The van der Waals surface area contributed by atoms with Crippen LogP contribution in [0.15, 0.2) is 48.5 Å². The van der Waals surface area contributed by atoms with Gasteiger partial charge in [-0.25, -0.2) is 0 Å². The molecule has 1 atom stereocenters. The van der Waals surface area contributed by atoms with Crippen LogP contribution < -0.4 is 19.5 Å². The lowest BCUT2D eigenvalue weighted by Gasteiger charge is -2.15. The number of carbonyl (C=O) groups is 2. The maximum absolute atomic E-state index is 13.4. The van der Waals surface area contributed by atoms with Crippen molar-refractivity contribution >= 4 is 59.2 Å². The van der Waals surface area contributed by atoms with Gasteiger partial charge in [-0.05, 0) is 24.3 Å². The highest BCUT2D eigenvalue weighted by Crippen LogP contribution is 2.41. The van der Waals surface area contributed by atoms with Gasteiger partial charge in [-0.2, -0.15) is 0 Å². The summed E-state index contributed by atoms with van der Waals surface area (Å²) in [4.78, 5) is 26.6. The van der Waals surface area contributed by atoms with Gasteiger partial charge in [-0.15, -0.1) is 0 Å². The molecule has 0 aliphatic rings. The molecule has 0 aliphatic heterocycles. The molecule has 0 heterocycles. The number of carbonyl (C=O) groups excluding carboxylic acids is 2. The van der Waals surface area contributed by atoms with Crippen molar-refractivity contribution in [2.24, 2.45) is 0 Å². The fraction of sp³-hybridized carbons (Fsp3) is 0.130. The third kappa shape index (κ3) is 4.99. The van der Waals surface area contributed by atoms with E-state index in [0.29, 0.717) is 5.75 Å². The molecule has 0 bridgehead atoms. The molecular weight excluding hydrogens is 510 g/mol. The average Bonchev–Trinajstić information content (AvgIpc) is 2.81. The zero-order valence-corrected chi connectivity index (χ0v) is 20.8. The molecule has 0 aliphatic carbocycles. The first-order valence-corrected chi connectivity index (χ1v) is 11.7. The summed E-state index contributed by atoms with van der Waals surface area (Å²) in [6.45, 7) is 0. The Labute approximate surface area is 206 Å². The highest BCUT2D eigenvalue weighted by atomic mass is 35.5. The van der Waals surface area contributed by atoms with Crippen molar-refractivity contribution in [3.05, 3.63) is 80.3 Å². The average molecular weight is 527 g/mol. The summed E-state index contributed by atoms with van der Waals surface area (Å²) in [5, 5.41) is 0.346. The van der Waals surface area contributed by atoms with Crippen molar-refractivity contribution in [1.29, 1.82) is 0 Å². The first-order valence-electron chi connectivity index (χ1n) is 9.33. The summed E-state index contributed by atoms with van der Waals surface area (Å²) < 4.78 is 29.2. The van der Waals surface area contributed by atoms with Crippen LogP contribution in [0.1, 0.15) is 26.3 Å². The topological polar surface area (TPSA) is 78.9 Å². The van der Waals surface area contributed by atoms with Crippen LogP contribution in [0.25, 0.3) is 0 Å². The summed E-state index contributed by atoms with van der Waals surface area (Å²) in [6.07, 6.45) is 0. The second-order valence-corrected chi connectivity index (χ2v) is 9.32. The van der Waals surface area contributed by atoms with E-state index in [9.17, 15) is 14.2 Å². The molecule has 10 heteroatoms. The monoisotopic (exact) mass is 525 g/mol. The van der Waals surface area contributed by atoms with Gasteiger partial charge in [0.2, 0.25) is 0 Å². The number of ether oxygens (including phenoxy) is 3. The van der Waals surface area contributed by atoms with Gasteiger partial charge in [-0.1, -0.05) is 46.9 Å². The Balaban J connectivity index is 2.11. The molecule has 1 radical (unpaired) electrons. The van der Waals surface area contributed by atoms with Gasteiger partial charge in [0.25, 0.3) is 5.52 Å². The number of methoxy groups -OCH3 is 3. The van der Waals surface area contributed by atoms with E-state index in [1.54, 1.807) is 12.1 Å². The van der Waals surface area contributed by atoms with Crippen molar-refractivity contribution in [2.75, 3.05) is 21.3 Å². The fourth-order valence-corrected chi connectivity index (χ4v) is 5.41. The van der Waals surface area contributed by atoms with Gasteiger partial charge < -0.3 is 14.2 Å². The van der Waals surface area contributed by atoms with Crippen LogP contribution in [0.4, 0.5) is 0 Å². The first kappa shape index (κ1) is 25.0. The lowest BCUT2D eigenvalue weighted by Crippen LogP contribution is -2.17. The van der Waals surface area contributed by atoms with Crippen molar-refractivity contribution in [3.8, 4) is 17.2 Å². The SMILES string of the molecule is COc1cc(OC)c(C(=O)[P](=O)c2ccccc2C(=O)c2c(Cl)cc(Cl)cc2Cl)c(OC)c1. The molecule has 1 unspecified atom stereocenters. The van der Waals surface area contributed by atoms with Crippen LogP contribution in [0.2, 0.25) is 15.1 Å². The molecule has 0 N–H and O–H groups in total. The Kier molecular flexibility index (Phi) is 7.98. The zero-order valence-electron chi connectivity index (χ0n) is 17.6. The Morgan fingerprint density at radius 1 is 0.788 bits per heavy atom. The molecule has 3 aromatic rings. The minimum Gasteiger partial charge on any atom is -0.496 e. The summed E-state index contributed by atoms with van der Waals surface area (Å²) in [5.74, 6) is 0.0273. The summed E-state index contributed by atoms with van der Waals surface area (Å²) in [5.41, 5.74) is -0.809. The second-order valence-electron chi connectivity index (χ2n) is 6.60. The van der Waals surface area contributed by atoms with E-state index in [0.717, 1.165) is 0 Å². The number of hydrogen-bond acceptors (Lipinski definition) is 6. The van der Waals surface area contributed by atoms with E-state index >= 15 is 0 Å². The minimum atomic E-state index is -2.76. The smallest absolute Gasteiger partial charge is 0.254 e. The molecule has 0 saturated heterocycles. The number of benzene rings is 3. The van der Waals surface area contributed by atoms with Crippen molar-refractivity contribution < 1.29 is 28.4 Å². The van der Waals surface area contributed by atoms with E-state index in [-0.39, 0.29) is 48.6 Å². The standard InChI is InChI=1S/C23H17Cl3O6P/c1-30-13-10-17(31-2)21(18(11-13)32-3)23(28)33(29)19-7-5-4-6-14(19)22(27)20-15(25)8-12(24)9-16(20)26/h4-11H,1-3H3. The Morgan fingerprint density at radius 2 is 1.33 bits per heavy atom. The minimum absolute atomic E-state index is 0.00867. The summed E-state index contributed by atoms with van der Waals surface area (Å²) in [6, 6.07) is 11.7. The number of rotatable bonds is 8. The zero-order chi connectivity index (χ0) is 24.3. The van der Waals surface area contributed by atoms with Gasteiger partial charge in [-0.3, -0.25) is 14.2 Å². The van der Waals surface area contributed by atoms with Gasteiger partial charge in [0.1, 0.15) is 22.8 Å². The van der Waals surface area contributed by atoms with E-state index in [2.05, 4.69) is 0 Å². The quantitative estimate of drug-likeness (QED) is 0.257. The number of hydrogen-bond donors (Lipinski definition) is 0. The van der Waals surface area contributed by atoms with Crippen LogP contribution in [0.5, 0.6) is 17.2 Å². The number of halogens is 3. The second kappa shape index (κ2) is 10.5. The Hall–Kier alpha value is -2.63. The number of ketones is 1. The van der Waals surface area contributed by atoms with Crippen LogP contribution in [-0.4, -0.2) is 32.6 Å². The predicted molar refractivity (Wildman–Crippen MR) is 129 cm³/mol. The van der Waals surface area contributed by atoms with Crippen LogP contribution >= 0.6 is 42.6 Å². The summed E-state index contributed by atoms with van der Waals surface area (Å²) >= 11 is 18.3. The molecule has 0 amide bonds. The largest absolute Gasteiger partial charge is 0.496 e. The highest BCUT2D eigenvalue weighted by molar-refractivity contribution is 7.71. The molecule has 3 aromatic carbocycles. The highest BCUT2D eigenvalue weighted by Gasteiger charge is 2.30. The van der Waals surface area contributed by atoms with Crippen molar-refractivity contribution in [1.82, 2.24) is 0 Å². The predicted octanol–water partition coefficient (Wildman–Crippen LogP) is 6.20. The Bertz CT molecular complexity index is 1230. The lowest BCUT2D eigenvalue weighted by molar-refractivity contribution is 0.103. The molecule has 0 saturated carbocycles. The van der Waals surface area contributed by atoms with Gasteiger partial charge in [0.05, 0.1) is 42.2 Å². The van der Waals surface area contributed by atoms with Gasteiger partial charge in [0, 0.05) is 22.7 Å². The van der Waals surface area contributed by atoms with E-state index in [4.69, 9.17) is 49.0 Å². The normalized spacial score (nSPS) is 11.0. The molecule has 0 spiro atoms. The lowest BCUT2D eigenvalue weighted by atomic mass is 10.0.